The van der Waals surface area contributed by atoms with Crippen LogP contribution in [0.2, 0.25) is 0 Å². The zero-order valence-corrected chi connectivity index (χ0v) is 19.4. The van der Waals surface area contributed by atoms with Gasteiger partial charge in [0.2, 0.25) is 0 Å². The molecule has 0 saturated carbocycles. The summed E-state index contributed by atoms with van der Waals surface area (Å²) in [6, 6.07) is 22.0. The van der Waals surface area contributed by atoms with Crippen molar-refractivity contribution in [3.8, 4) is 11.8 Å². The number of rotatable bonds is 6. The van der Waals surface area contributed by atoms with E-state index in [0.29, 0.717) is 46.5 Å². The number of hydrogen-bond acceptors (Lipinski definition) is 4. The Morgan fingerprint density at radius 3 is 2.59 bits per heavy atom. The number of nitrogens with zero attached hydrogens (tertiary/aromatic N) is 1. The van der Waals surface area contributed by atoms with E-state index < -0.39 is 0 Å². The molecule has 0 atom stereocenters. The van der Waals surface area contributed by atoms with Gasteiger partial charge in [-0.05, 0) is 67.2 Å². The largest absolute Gasteiger partial charge is 0.385 e. The van der Waals surface area contributed by atoms with Crippen molar-refractivity contribution in [2.75, 3.05) is 19.0 Å². The van der Waals surface area contributed by atoms with E-state index in [1.165, 1.54) is 4.57 Å². The summed E-state index contributed by atoms with van der Waals surface area (Å²) in [5.41, 5.74) is 3.09. The Hall–Kier alpha value is -3.99. The molecule has 7 heteroatoms. The summed E-state index contributed by atoms with van der Waals surface area (Å²) in [6.07, 6.45) is 0.675. The van der Waals surface area contributed by atoms with Gasteiger partial charge in [-0.15, -0.1) is 0 Å². The molecule has 2 N–H and O–H groups in total. The van der Waals surface area contributed by atoms with Crippen LogP contribution >= 0.6 is 12.2 Å². The number of H-pyrrole nitrogens is 1. The summed E-state index contributed by atoms with van der Waals surface area (Å²) in [7, 11) is 1.62. The van der Waals surface area contributed by atoms with Crippen molar-refractivity contribution < 1.29 is 9.53 Å². The molecule has 0 fully saturated rings. The van der Waals surface area contributed by atoms with Gasteiger partial charge >= 0.3 is 0 Å². The lowest BCUT2D eigenvalue weighted by Crippen LogP contribution is -2.23. The maximum absolute atomic E-state index is 12.9. The second kappa shape index (κ2) is 10.8. The second-order valence-electron chi connectivity index (χ2n) is 7.64. The van der Waals surface area contributed by atoms with Gasteiger partial charge in [-0.25, -0.2) is 0 Å². The summed E-state index contributed by atoms with van der Waals surface area (Å²) >= 11 is 5.36. The minimum atomic E-state index is -0.293. The predicted octanol–water partition coefficient (Wildman–Crippen LogP) is 4.75. The quantitative estimate of drug-likeness (QED) is 0.243. The van der Waals surface area contributed by atoms with Crippen molar-refractivity contribution in [2.45, 2.75) is 13.0 Å². The summed E-state index contributed by atoms with van der Waals surface area (Å²) in [6.45, 7) is 1.00. The molecule has 170 valence electrons. The van der Waals surface area contributed by atoms with Crippen LogP contribution in [-0.4, -0.2) is 29.2 Å². The molecule has 4 aromatic rings. The number of methoxy groups -OCH3 is 1. The molecule has 1 amide bonds. The van der Waals surface area contributed by atoms with Crippen LogP contribution in [0, 0.1) is 16.6 Å². The number of amides is 1. The van der Waals surface area contributed by atoms with Crippen molar-refractivity contribution in [3.63, 3.8) is 0 Å². The Morgan fingerprint density at radius 2 is 1.79 bits per heavy atom. The number of aromatic nitrogens is 2. The molecule has 6 nitrogen and oxygen atoms in total. The first kappa shape index (κ1) is 23.2. The van der Waals surface area contributed by atoms with E-state index in [2.05, 4.69) is 22.1 Å². The van der Waals surface area contributed by atoms with Crippen LogP contribution < -0.4 is 10.9 Å². The van der Waals surface area contributed by atoms with E-state index in [4.69, 9.17) is 17.0 Å². The van der Waals surface area contributed by atoms with Crippen molar-refractivity contribution in [1.82, 2.24) is 9.55 Å². The fourth-order valence-corrected chi connectivity index (χ4v) is 3.79. The third kappa shape index (κ3) is 5.49. The first-order chi connectivity index (χ1) is 16.5. The van der Waals surface area contributed by atoms with Crippen molar-refractivity contribution >= 4 is 34.7 Å². The minimum absolute atomic E-state index is 0.188. The van der Waals surface area contributed by atoms with Gasteiger partial charge in [0.1, 0.15) is 0 Å². The number of fused-ring (bicyclic) bond motifs is 1. The standard InChI is InChI=1S/C27H23N3O3S/c1-33-16-6-15-30-26(32)23-14-13-21(18-24(23)29-27(30)34)25(31)28-22-10-5-9-20(17-22)12-11-19-7-3-2-4-8-19/h2-5,7-10,13-14,17-18H,6,15-16H2,1H3,(H,28,31)(H,29,34). The van der Waals surface area contributed by atoms with E-state index in [1.54, 1.807) is 31.4 Å². The average Bonchev–Trinajstić information content (AvgIpc) is 2.85. The lowest BCUT2D eigenvalue weighted by atomic mass is 10.1. The number of benzene rings is 3. The molecule has 4 rings (SSSR count). The number of aromatic amines is 1. The monoisotopic (exact) mass is 469 g/mol. The van der Waals surface area contributed by atoms with Crippen LogP contribution in [0.4, 0.5) is 5.69 Å². The van der Waals surface area contributed by atoms with Crippen LogP contribution in [-0.2, 0) is 11.3 Å². The Balaban J connectivity index is 1.54. The SMILES string of the molecule is COCCCn1c(=S)[nH]c2cc(C(=O)Nc3cccc(C#Cc4ccccc4)c3)ccc2c1=O. The number of ether oxygens (including phenoxy) is 1. The summed E-state index contributed by atoms with van der Waals surface area (Å²) in [5.74, 6) is 5.93. The minimum Gasteiger partial charge on any atom is -0.385 e. The first-order valence-electron chi connectivity index (χ1n) is 10.8. The Labute approximate surface area is 202 Å². The highest BCUT2D eigenvalue weighted by Gasteiger charge is 2.11. The molecule has 0 radical (unpaired) electrons. The van der Waals surface area contributed by atoms with Crippen LogP contribution in [0.15, 0.2) is 77.6 Å². The first-order valence-corrected chi connectivity index (χ1v) is 11.2. The van der Waals surface area contributed by atoms with Crippen molar-refractivity contribution in [2.24, 2.45) is 0 Å². The van der Waals surface area contributed by atoms with Gasteiger partial charge in [0.25, 0.3) is 11.5 Å². The van der Waals surface area contributed by atoms with Gasteiger partial charge in [0.05, 0.1) is 10.9 Å². The number of hydrogen-bond donors (Lipinski definition) is 2. The molecule has 1 heterocycles. The molecular weight excluding hydrogens is 446 g/mol. The molecule has 0 aliphatic carbocycles. The lowest BCUT2D eigenvalue weighted by Gasteiger charge is -2.10. The van der Waals surface area contributed by atoms with Gasteiger partial charge in [-0.1, -0.05) is 36.1 Å². The van der Waals surface area contributed by atoms with Gasteiger partial charge in [0, 0.05) is 42.6 Å². The van der Waals surface area contributed by atoms with Gasteiger partial charge in [-0.2, -0.15) is 0 Å². The fraction of sp³-hybridized carbons (Fsp3) is 0.148. The lowest BCUT2D eigenvalue weighted by molar-refractivity contribution is 0.102. The normalized spacial score (nSPS) is 10.5. The van der Waals surface area contributed by atoms with E-state index in [1.807, 2.05) is 48.5 Å². The van der Waals surface area contributed by atoms with E-state index >= 15 is 0 Å². The molecule has 0 spiro atoms. The van der Waals surface area contributed by atoms with Crippen LogP contribution in [0.5, 0.6) is 0 Å². The predicted molar refractivity (Wildman–Crippen MR) is 137 cm³/mol. The molecule has 0 aliphatic heterocycles. The van der Waals surface area contributed by atoms with Crippen molar-refractivity contribution in [1.29, 1.82) is 0 Å². The maximum Gasteiger partial charge on any atom is 0.262 e. The molecule has 0 bridgehead atoms. The van der Waals surface area contributed by atoms with Crippen molar-refractivity contribution in [3.05, 3.63) is 105 Å². The third-order valence-corrected chi connectivity index (χ3v) is 5.54. The zero-order valence-electron chi connectivity index (χ0n) is 18.6. The number of carbonyl (C=O) groups is 1. The highest BCUT2D eigenvalue weighted by Crippen LogP contribution is 2.15. The molecule has 1 aromatic heterocycles. The summed E-state index contributed by atoms with van der Waals surface area (Å²) < 4.78 is 6.88. The molecule has 34 heavy (non-hydrogen) atoms. The van der Waals surface area contributed by atoms with Gasteiger partial charge in [0.15, 0.2) is 4.77 Å². The zero-order chi connectivity index (χ0) is 23.9. The molecule has 0 unspecified atom stereocenters. The van der Waals surface area contributed by atoms with E-state index in [-0.39, 0.29) is 11.5 Å². The smallest absolute Gasteiger partial charge is 0.262 e. The fourth-order valence-electron chi connectivity index (χ4n) is 3.51. The second-order valence-corrected chi connectivity index (χ2v) is 8.03. The molecular formula is C27H23N3O3S. The summed E-state index contributed by atoms with van der Waals surface area (Å²) in [4.78, 5) is 28.8. The van der Waals surface area contributed by atoms with Gasteiger partial charge < -0.3 is 15.0 Å². The van der Waals surface area contributed by atoms with Crippen LogP contribution in [0.1, 0.15) is 27.9 Å². The average molecular weight is 470 g/mol. The Bertz CT molecular complexity index is 1510. The molecule has 0 saturated heterocycles. The van der Waals surface area contributed by atoms with Crippen LogP contribution in [0.25, 0.3) is 10.9 Å². The Kier molecular flexibility index (Phi) is 7.33. The topological polar surface area (TPSA) is 76.1 Å². The Morgan fingerprint density at radius 1 is 1.03 bits per heavy atom. The highest BCUT2D eigenvalue weighted by atomic mass is 32.1. The van der Waals surface area contributed by atoms with Crippen LogP contribution in [0.3, 0.4) is 0 Å². The third-order valence-electron chi connectivity index (χ3n) is 5.22. The molecule has 3 aromatic carbocycles. The van der Waals surface area contributed by atoms with Gasteiger partial charge in [-0.3, -0.25) is 14.2 Å². The number of anilines is 1. The van der Waals surface area contributed by atoms with E-state index in [9.17, 15) is 9.59 Å². The number of carbonyl (C=O) groups excluding carboxylic acids is 1. The maximum atomic E-state index is 12.9. The highest BCUT2D eigenvalue weighted by molar-refractivity contribution is 7.71. The number of nitrogens with one attached hydrogen (secondary N) is 2. The molecule has 0 aliphatic rings. The summed E-state index contributed by atoms with van der Waals surface area (Å²) in [5, 5.41) is 3.37. The van der Waals surface area contributed by atoms with E-state index in [0.717, 1.165) is 11.1 Å².